The molecule has 2 aliphatic heterocycles. The summed E-state index contributed by atoms with van der Waals surface area (Å²) in [5.74, 6) is 0.532. The molecule has 0 saturated heterocycles. The molecule has 4 heterocycles. The van der Waals surface area contributed by atoms with E-state index in [0.29, 0.717) is 11.4 Å². The van der Waals surface area contributed by atoms with Crippen molar-refractivity contribution in [2.45, 2.75) is 25.9 Å². The van der Waals surface area contributed by atoms with Gasteiger partial charge in [0.15, 0.2) is 17.4 Å². The Labute approximate surface area is 164 Å². The lowest BCUT2D eigenvalue weighted by Crippen LogP contribution is -2.19. The summed E-state index contributed by atoms with van der Waals surface area (Å²) in [5, 5.41) is 0. The zero-order chi connectivity index (χ0) is 20.0. The number of hydrogen-bond donors (Lipinski definition) is 1. The molecule has 0 radical (unpaired) electrons. The third-order valence-electron chi connectivity index (χ3n) is 4.72. The normalized spacial score (nSPS) is 25.8. The quantitative estimate of drug-likeness (QED) is 0.510. The lowest BCUT2D eigenvalue weighted by molar-refractivity contribution is -0.00933. The van der Waals surface area contributed by atoms with Crippen LogP contribution < -0.4 is 10.1 Å². The first-order valence-electron chi connectivity index (χ1n) is 8.94. The maximum atomic E-state index is 12.8. The molecule has 0 bridgehead atoms. The topological polar surface area (TPSA) is 118 Å². The van der Waals surface area contributed by atoms with Gasteiger partial charge in [0.1, 0.15) is 11.9 Å². The Morgan fingerprint density at radius 2 is 2.24 bits per heavy atom. The molecule has 11 heteroatoms. The maximum Gasteiger partial charge on any atom is 0.530 e. The van der Waals surface area contributed by atoms with E-state index >= 15 is 0 Å². The van der Waals surface area contributed by atoms with Crippen molar-refractivity contribution in [1.29, 1.82) is 0 Å². The molecule has 1 N–H and O–H groups in total. The van der Waals surface area contributed by atoms with Crippen molar-refractivity contribution in [3.8, 4) is 5.75 Å². The highest BCUT2D eigenvalue weighted by Gasteiger charge is 2.36. The molecule has 0 spiro atoms. The van der Waals surface area contributed by atoms with Gasteiger partial charge in [-0.05, 0) is 18.6 Å². The third kappa shape index (κ3) is 3.30. The second-order valence-corrected chi connectivity index (χ2v) is 8.27. The Morgan fingerprint density at radius 1 is 1.34 bits per heavy atom. The summed E-state index contributed by atoms with van der Waals surface area (Å²) in [6.07, 6.45) is 5.37. The predicted molar refractivity (Wildman–Crippen MR) is 101 cm³/mol. The number of phosphoric acid groups is 1. The summed E-state index contributed by atoms with van der Waals surface area (Å²) in [5.41, 5.74) is 2.00. The van der Waals surface area contributed by atoms with Crippen molar-refractivity contribution < 1.29 is 22.9 Å². The highest BCUT2D eigenvalue weighted by atomic mass is 31.2. The second kappa shape index (κ2) is 6.93. The van der Waals surface area contributed by atoms with Crippen molar-refractivity contribution in [3.63, 3.8) is 0 Å². The number of aromatic amines is 1. The maximum absolute atomic E-state index is 12.8. The zero-order valence-electron chi connectivity index (χ0n) is 15.3. The monoisotopic (exact) mass is 416 g/mol. The van der Waals surface area contributed by atoms with Crippen molar-refractivity contribution in [3.05, 3.63) is 64.5 Å². The van der Waals surface area contributed by atoms with Gasteiger partial charge in [-0.2, -0.15) is 0 Å². The van der Waals surface area contributed by atoms with Gasteiger partial charge in [-0.1, -0.05) is 24.3 Å². The summed E-state index contributed by atoms with van der Waals surface area (Å²) in [6.45, 7) is 2.00. The number of phosphoric ester groups is 1. The zero-order valence-corrected chi connectivity index (χ0v) is 16.2. The van der Waals surface area contributed by atoms with Gasteiger partial charge >= 0.3 is 7.82 Å². The Hall–Kier alpha value is -2.78. The smallest absolute Gasteiger partial charge is 0.403 e. The van der Waals surface area contributed by atoms with E-state index in [1.807, 2.05) is 25.1 Å². The van der Waals surface area contributed by atoms with Crippen molar-refractivity contribution in [1.82, 2.24) is 19.5 Å². The van der Waals surface area contributed by atoms with Gasteiger partial charge < -0.3 is 14.2 Å². The molecule has 3 atom stereocenters. The van der Waals surface area contributed by atoms with Gasteiger partial charge in [0, 0.05) is 5.56 Å². The van der Waals surface area contributed by atoms with E-state index in [1.165, 1.54) is 12.7 Å². The molecule has 0 fully saturated rings. The van der Waals surface area contributed by atoms with Gasteiger partial charge in [-0.3, -0.25) is 18.4 Å². The van der Waals surface area contributed by atoms with Crippen molar-refractivity contribution >= 4 is 19.0 Å². The number of ether oxygens (including phenoxy) is 1. The molecule has 150 valence electrons. The van der Waals surface area contributed by atoms with Crippen LogP contribution in [0.3, 0.4) is 0 Å². The first kappa shape index (κ1) is 18.3. The highest BCUT2D eigenvalue weighted by Crippen LogP contribution is 2.55. The third-order valence-corrected chi connectivity index (χ3v) is 6.03. The molecule has 1 unspecified atom stereocenters. The van der Waals surface area contributed by atoms with Gasteiger partial charge in [0.25, 0.3) is 5.56 Å². The largest absolute Gasteiger partial charge is 0.530 e. The fourth-order valence-electron chi connectivity index (χ4n) is 3.26. The average molecular weight is 416 g/mol. The molecule has 1 aromatic carbocycles. The van der Waals surface area contributed by atoms with E-state index < -0.39 is 20.2 Å². The Morgan fingerprint density at radius 3 is 3.14 bits per heavy atom. The average Bonchev–Trinajstić information content (AvgIpc) is 3.35. The summed E-state index contributed by atoms with van der Waals surface area (Å²) < 4.78 is 36.7. The second-order valence-electron chi connectivity index (χ2n) is 6.68. The lowest BCUT2D eigenvalue weighted by Gasteiger charge is -2.26. The van der Waals surface area contributed by atoms with Crippen LogP contribution in [0.25, 0.3) is 11.2 Å². The number of nitrogens with zero attached hydrogens (tertiary/aromatic N) is 3. The molecular weight excluding hydrogens is 399 g/mol. The number of rotatable bonds is 4. The van der Waals surface area contributed by atoms with E-state index in [0.717, 1.165) is 11.1 Å². The standard InChI is InChI=1S/C18H17N4O6P/c1-11-3-2-4-12-7-25-29(24,28-16(11)12)26-8-13-5-6-14(27-13)22-10-21-15-17(22)19-9-20-18(15)23/h2-6,9-10,13-14H,7-8H2,1H3,(H,19,20,23)/t13-,14+,29?/m0/s1. The van der Waals surface area contributed by atoms with Crippen molar-refractivity contribution in [2.24, 2.45) is 0 Å². The summed E-state index contributed by atoms with van der Waals surface area (Å²) in [4.78, 5) is 22.5. The van der Waals surface area contributed by atoms with Crippen LogP contribution in [-0.4, -0.2) is 32.2 Å². The number of H-pyrrole nitrogens is 1. The fourth-order valence-corrected chi connectivity index (χ4v) is 4.56. The lowest BCUT2D eigenvalue weighted by atomic mass is 10.1. The van der Waals surface area contributed by atoms with Gasteiger partial charge in [-0.15, -0.1) is 0 Å². The molecule has 2 aliphatic rings. The van der Waals surface area contributed by atoms with Crippen LogP contribution >= 0.6 is 7.82 Å². The number of imidazole rings is 1. The molecule has 5 rings (SSSR count). The van der Waals surface area contributed by atoms with Crippen LogP contribution in [-0.2, 0) is 25.0 Å². The fraction of sp³-hybridized carbons (Fsp3) is 0.278. The minimum Gasteiger partial charge on any atom is -0.403 e. The van der Waals surface area contributed by atoms with Crippen LogP contribution in [0.4, 0.5) is 0 Å². The molecule has 10 nitrogen and oxygen atoms in total. The molecule has 3 aromatic rings. The highest BCUT2D eigenvalue weighted by molar-refractivity contribution is 7.49. The Bertz CT molecular complexity index is 1220. The molecule has 29 heavy (non-hydrogen) atoms. The number of aromatic nitrogens is 4. The van der Waals surface area contributed by atoms with Crippen LogP contribution in [0, 0.1) is 6.92 Å². The number of hydrogen-bond acceptors (Lipinski definition) is 8. The molecule has 0 saturated carbocycles. The number of para-hydroxylation sites is 1. The van der Waals surface area contributed by atoms with Crippen LogP contribution in [0.15, 0.2) is 47.8 Å². The van der Waals surface area contributed by atoms with E-state index in [-0.39, 0.29) is 24.3 Å². The van der Waals surface area contributed by atoms with Gasteiger partial charge in [0.2, 0.25) is 0 Å². The first-order valence-corrected chi connectivity index (χ1v) is 10.4. The van der Waals surface area contributed by atoms with Crippen LogP contribution in [0.5, 0.6) is 5.75 Å². The van der Waals surface area contributed by atoms with Gasteiger partial charge in [0.05, 0.1) is 25.9 Å². The minimum absolute atomic E-state index is 0.0217. The number of nitrogens with one attached hydrogen (secondary N) is 1. The van der Waals surface area contributed by atoms with Crippen LogP contribution in [0.1, 0.15) is 17.4 Å². The van der Waals surface area contributed by atoms with E-state index in [1.54, 1.807) is 16.7 Å². The number of fused-ring (bicyclic) bond motifs is 2. The van der Waals surface area contributed by atoms with E-state index in [2.05, 4.69) is 15.0 Å². The summed E-state index contributed by atoms with van der Waals surface area (Å²) in [6, 6.07) is 5.61. The van der Waals surface area contributed by atoms with E-state index in [4.69, 9.17) is 18.3 Å². The summed E-state index contributed by atoms with van der Waals surface area (Å²) in [7, 11) is -3.74. The summed E-state index contributed by atoms with van der Waals surface area (Å²) >= 11 is 0. The van der Waals surface area contributed by atoms with E-state index in [9.17, 15) is 9.36 Å². The van der Waals surface area contributed by atoms with Gasteiger partial charge in [-0.25, -0.2) is 14.5 Å². The molecule has 0 aliphatic carbocycles. The SMILES string of the molecule is Cc1cccc2c1OP(=O)(OC[C@@H]1C=C[C@H](n3cnc4c(=O)[nH]cnc43)O1)OC2. The first-order chi connectivity index (χ1) is 14.0. The minimum atomic E-state index is -3.74. The Kier molecular flexibility index (Phi) is 4.36. The molecular formula is C18H17N4O6P. The van der Waals surface area contributed by atoms with Crippen molar-refractivity contribution in [2.75, 3.05) is 6.61 Å². The number of benzene rings is 1. The van der Waals surface area contributed by atoms with Crippen LogP contribution in [0.2, 0.25) is 0 Å². The Balaban J connectivity index is 1.26. The molecule has 2 aromatic heterocycles. The predicted octanol–water partition coefficient (Wildman–Crippen LogP) is 2.62. The number of aryl methyl sites for hydroxylation is 1. The molecule has 0 amide bonds.